The monoisotopic (exact) mass is 290 g/mol. The van der Waals surface area contributed by atoms with Crippen LogP contribution in [0.15, 0.2) is 18.2 Å². The van der Waals surface area contributed by atoms with Gasteiger partial charge in [0, 0.05) is 12.5 Å². The van der Waals surface area contributed by atoms with Crippen molar-refractivity contribution in [3.8, 4) is 5.75 Å². The van der Waals surface area contributed by atoms with Gasteiger partial charge in [-0.15, -0.1) is 0 Å². The molecule has 0 saturated carbocycles. The number of ether oxygens (including phenoxy) is 1. The maximum absolute atomic E-state index is 12.9. The number of rotatable bonds is 5. The first kappa shape index (κ1) is 16.3. The molecule has 0 aliphatic rings. The molecule has 7 heteroatoms. The standard InChI is InChI=1S/C13H17F3N2O2/c1-8(17)3-6-12(19)18-11-5-4-9(20-2)7-10(11)13(14,15)16/h4-5,7-8H,3,6,17H2,1-2H3,(H,18,19). The van der Waals surface area contributed by atoms with Crippen molar-refractivity contribution in [1.29, 1.82) is 0 Å². The number of benzene rings is 1. The lowest BCUT2D eigenvalue weighted by Gasteiger charge is -2.15. The number of amides is 1. The Morgan fingerprint density at radius 1 is 1.45 bits per heavy atom. The number of anilines is 1. The quantitative estimate of drug-likeness (QED) is 0.876. The van der Waals surface area contributed by atoms with Crippen molar-refractivity contribution < 1.29 is 22.7 Å². The summed E-state index contributed by atoms with van der Waals surface area (Å²) in [6, 6.07) is 3.20. The Morgan fingerprint density at radius 2 is 2.10 bits per heavy atom. The Kier molecular flexibility index (Phi) is 5.38. The lowest BCUT2D eigenvalue weighted by atomic mass is 10.1. The lowest BCUT2D eigenvalue weighted by molar-refractivity contribution is -0.137. The van der Waals surface area contributed by atoms with Crippen molar-refractivity contribution >= 4 is 11.6 Å². The van der Waals surface area contributed by atoms with Crippen molar-refractivity contribution in [2.45, 2.75) is 32.0 Å². The molecule has 0 bridgehead atoms. The second-order valence-corrected chi connectivity index (χ2v) is 4.47. The molecule has 1 rings (SSSR count). The van der Waals surface area contributed by atoms with Crippen molar-refractivity contribution in [2.24, 2.45) is 5.73 Å². The number of methoxy groups -OCH3 is 1. The summed E-state index contributed by atoms with van der Waals surface area (Å²) in [7, 11) is 1.27. The van der Waals surface area contributed by atoms with Crippen LogP contribution in [0.5, 0.6) is 5.75 Å². The van der Waals surface area contributed by atoms with Gasteiger partial charge < -0.3 is 15.8 Å². The highest BCUT2D eigenvalue weighted by Gasteiger charge is 2.34. The molecule has 1 atom stereocenters. The summed E-state index contributed by atoms with van der Waals surface area (Å²) < 4.78 is 43.5. The molecule has 0 aromatic heterocycles. The van der Waals surface area contributed by atoms with Crippen LogP contribution >= 0.6 is 0 Å². The average Bonchev–Trinajstić information content (AvgIpc) is 2.35. The molecule has 1 unspecified atom stereocenters. The minimum atomic E-state index is -4.57. The summed E-state index contributed by atoms with van der Waals surface area (Å²) >= 11 is 0. The van der Waals surface area contributed by atoms with Crippen LogP contribution in [0.4, 0.5) is 18.9 Å². The average molecular weight is 290 g/mol. The fourth-order valence-electron chi connectivity index (χ4n) is 1.57. The lowest BCUT2D eigenvalue weighted by Crippen LogP contribution is -2.21. The summed E-state index contributed by atoms with van der Waals surface area (Å²) in [5.74, 6) is -0.427. The summed E-state index contributed by atoms with van der Waals surface area (Å²) in [5.41, 5.74) is 4.27. The minimum Gasteiger partial charge on any atom is -0.497 e. The first-order valence-corrected chi connectivity index (χ1v) is 6.04. The van der Waals surface area contributed by atoms with Crippen LogP contribution in [0.2, 0.25) is 0 Å². The van der Waals surface area contributed by atoms with Gasteiger partial charge in [0.15, 0.2) is 0 Å². The zero-order valence-corrected chi connectivity index (χ0v) is 11.3. The first-order chi connectivity index (χ1) is 9.24. The number of nitrogens with two attached hydrogens (primary N) is 1. The normalized spacial score (nSPS) is 12.9. The third-order valence-corrected chi connectivity index (χ3v) is 2.63. The number of carbonyl (C=O) groups is 1. The number of hydrogen-bond donors (Lipinski definition) is 2. The van der Waals surface area contributed by atoms with Crippen molar-refractivity contribution in [2.75, 3.05) is 12.4 Å². The van der Waals surface area contributed by atoms with E-state index in [0.29, 0.717) is 6.42 Å². The van der Waals surface area contributed by atoms with Gasteiger partial charge in [-0.1, -0.05) is 0 Å². The zero-order valence-electron chi connectivity index (χ0n) is 11.3. The maximum atomic E-state index is 12.9. The van der Waals surface area contributed by atoms with Gasteiger partial charge in [0.05, 0.1) is 18.4 Å². The highest BCUT2D eigenvalue weighted by molar-refractivity contribution is 5.91. The molecule has 1 aromatic rings. The fourth-order valence-corrected chi connectivity index (χ4v) is 1.57. The Bertz CT molecular complexity index is 473. The van der Waals surface area contributed by atoms with Gasteiger partial charge in [-0.2, -0.15) is 13.2 Å². The van der Waals surface area contributed by atoms with Crippen LogP contribution < -0.4 is 15.8 Å². The smallest absolute Gasteiger partial charge is 0.418 e. The molecule has 4 nitrogen and oxygen atoms in total. The van der Waals surface area contributed by atoms with Gasteiger partial charge in [0.1, 0.15) is 5.75 Å². The highest BCUT2D eigenvalue weighted by atomic mass is 19.4. The van der Waals surface area contributed by atoms with E-state index < -0.39 is 17.6 Å². The summed E-state index contributed by atoms with van der Waals surface area (Å²) in [6.07, 6.45) is -4.09. The fraction of sp³-hybridized carbons (Fsp3) is 0.462. The van der Waals surface area contributed by atoms with Gasteiger partial charge in [-0.05, 0) is 31.5 Å². The van der Waals surface area contributed by atoms with Crippen LogP contribution in [0.3, 0.4) is 0 Å². The Labute approximate surface area is 115 Å². The SMILES string of the molecule is COc1ccc(NC(=O)CCC(C)N)c(C(F)(F)F)c1. The molecular weight excluding hydrogens is 273 g/mol. The van der Waals surface area contributed by atoms with Gasteiger partial charge in [0.25, 0.3) is 0 Å². The number of carbonyl (C=O) groups excluding carboxylic acids is 1. The Balaban J connectivity index is 2.91. The van der Waals surface area contributed by atoms with Gasteiger partial charge >= 0.3 is 6.18 Å². The molecule has 0 heterocycles. The Morgan fingerprint density at radius 3 is 2.60 bits per heavy atom. The molecule has 0 saturated heterocycles. The van der Waals surface area contributed by atoms with E-state index in [1.807, 2.05) is 0 Å². The Hall–Kier alpha value is -1.76. The van der Waals surface area contributed by atoms with E-state index in [2.05, 4.69) is 5.32 Å². The molecule has 0 spiro atoms. The molecule has 0 aliphatic heterocycles. The molecule has 1 aromatic carbocycles. The van der Waals surface area contributed by atoms with Gasteiger partial charge in [-0.25, -0.2) is 0 Å². The number of halogens is 3. The molecule has 112 valence electrons. The molecule has 0 fully saturated rings. The molecule has 1 amide bonds. The third kappa shape index (κ3) is 4.73. The van der Waals surface area contributed by atoms with Crippen LogP contribution in [-0.4, -0.2) is 19.1 Å². The van der Waals surface area contributed by atoms with E-state index in [1.165, 1.54) is 19.2 Å². The molecule has 20 heavy (non-hydrogen) atoms. The van der Waals surface area contributed by atoms with Crippen LogP contribution in [0.25, 0.3) is 0 Å². The van der Waals surface area contributed by atoms with Crippen molar-refractivity contribution in [1.82, 2.24) is 0 Å². The second kappa shape index (κ2) is 6.60. The molecule has 3 N–H and O–H groups in total. The predicted octanol–water partition coefficient (Wildman–Crippen LogP) is 2.78. The van der Waals surface area contributed by atoms with Crippen molar-refractivity contribution in [3.05, 3.63) is 23.8 Å². The topological polar surface area (TPSA) is 64.3 Å². The van der Waals surface area contributed by atoms with Crippen LogP contribution in [0, 0.1) is 0 Å². The van der Waals surface area contributed by atoms with Crippen LogP contribution in [0.1, 0.15) is 25.3 Å². The van der Waals surface area contributed by atoms with E-state index in [-0.39, 0.29) is 23.9 Å². The van der Waals surface area contributed by atoms with Crippen molar-refractivity contribution in [3.63, 3.8) is 0 Å². The third-order valence-electron chi connectivity index (χ3n) is 2.63. The second-order valence-electron chi connectivity index (χ2n) is 4.47. The summed E-state index contributed by atoms with van der Waals surface area (Å²) in [6.45, 7) is 1.72. The maximum Gasteiger partial charge on any atom is 0.418 e. The van der Waals surface area contributed by atoms with Gasteiger partial charge in [-0.3, -0.25) is 4.79 Å². The molecule has 0 aliphatic carbocycles. The zero-order chi connectivity index (χ0) is 15.3. The van der Waals surface area contributed by atoms with E-state index in [1.54, 1.807) is 6.92 Å². The minimum absolute atomic E-state index is 0.0704. The number of nitrogens with one attached hydrogen (secondary N) is 1. The summed E-state index contributed by atoms with van der Waals surface area (Å²) in [4.78, 5) is 11.6. The highest BCUT2D eigenvalue weighted by Crippen LogP contribution is 2.37. The molecular formula is C13H17F3N2O2. The largest absolute Gasteiger partial charge is 0.497 e. The predicted molar refractivity (Wildman–Crippen MR) is 69.5 cm³/mol. The van der Waals surface area contributed by atoms with Crippen LogP contribution in [-0.2, 0) is 11.0 Å². The molecule has 0 radical (unpaired) electrons. The van der Waals surface area contributed by atoms with E-state index in [9.17, 15) is 18.0 Å². The van der Waals surface area contributed by atoms with E-state index >= 15 is 0 Å². The number of alkyl halides is 3. The number of hydrogen-bond acceptors (Lipinski definition) is 3. The van der Waals surface area contributed by atoms with E-state index in [4.69, 9.17) is 10.5 Å². The summed E-state index contributed by atoms with van der Waals surface area (Å²) in [5, 5.41) is 2.25. The van der Waals surface area contributed by atoms with E-state index in [0.717, 1.165) is 6.07 Å². The van der Waals surface area contributed by atoms with Gasteiger partial charge in [0.2, 0.25) is 5.91 Å². The first-order valence-electron chi connectivity index (χ1n) is 6.04.